The molecule has 1 aromatic rings. The standard InChI is InChI=1S/C11H15N3O3/c1-6(7(2)11(16)17)10(15)14-8(3)9-12-4-5-13-9/h4-5,8H,1-3H3,(H,12,13)(H,14,15)(H,16,17)/b7-6-. The average molecular weight is 237 g/mol. The summed E-state index contributed by atoms with van der Waals surface area (Å²) >= 11 is 0. The third kappa shape index (κ3) is 3.17. The van der Waals surface area contributed by atoms with E-state index >= 15 is 0 Å². The van der Waals surface area contributed by atoms with Gasteiger partial charge in [-0.3, -0.25) is 4.79 Å². The first-order chi connectivity index (χ1) is 7.93. The van der Waals surface area contributed by atoms with E-state index in [1.807, 2.05) is 0 Å². The van der Waals surface area contributed by atoms with Crippen LogP contribution in [0.2, 0.25) is 0 Å². The molecule has 0 aromatic carbocycles. The summed E-state index contributed by atoms with van der Waals surface area (Å²) in [6.45, 7) is 4.64. The van der Waals surface area contributed by atoms with Crippen LogP contribution in [0.1, 0.15) is 32.6 Å². The van der Waals surface area contributed by atoms with Crippen molar-refractivity contribution in [1.29, 1.82) is 0 Å². The molecule has 1 rings (SSSR count). The molecular weight excluding hydrogens is 222 g/mol. The normalized spacial score (nSPS) is 13.8. The Balaban J connectivity index is 2.74. The van der Waals surface area contributed by atoms with Gasteiger partial charge in [0.1, 0.15) is 5.82 Å². The summed E-state index contributed by atoms with van der Waals surface area (Å²) in [5.41, 5.74) is 0.227. The first-order valence-electron chi connectivity index (χ1n) is 5.14. The van der Waals surface area contributed by atoms with Gasteiger partial charge >= 0.3 is 5.97 Å². The molecular formula is C11H15N3O3. The van der Waals surface area contributed by atoms with Gasteiger partial charge in [0.15, 0.2) is 0 Å². The SMILES string of the molecule is C/C(C(=O)O)=C(\C)C(=O)NC(C)c1ncc[nH]1. The van der Waals surface area contributed by atoms with Gasteiger partial charge in [0.2, 0.25) is 5.91 Å². The van der Waals surface area contributed by atoms with Crippen LogP contribution in [0.5, 0.6) is 0 Å². The summed E-state index contributed by atoms with van der Waals surface area (Å²) in [5, 5.41) is 11.4. The van der Waals surface area contributed by atoms with Gasteiger partial charge in [-0.15, -0.1) is 0 Å². The molecule has 1 heterocycles. The summed E-state index contributed by atoms with van der Waals surface area (Å²) in [7, 11) is 0. The molecule has 3 N–H and O–H groups in total. The number of carboxylic acids is 1. The highest BCUT2D eigenvalue weighted by molar-refractivity contribution is 6.01. The number of hydrogen-bond acceptors (Lipinski definition) is 3. The Morgan fingerprint density at radius 1 is 1.41 bits per heavy atom. The lowest BCUT2D eigenvalue weighted by atomic mass is 10.1. The van der Waals surface area contributed by atoms with Gasteiger partial charge in [0.25, 0.3) is 0 Å². The van der Waals surface area contributed by atoms with Crippen LogP contribution in [0, 0.1) is 0 Å². The summed E-state index contributed by atoms with van der Waals surface area (Å²) in [6.07, 6.45) is 3.24. The number of aliphatic carboxylic acids is 1. The maximum absolute atomic E-state index is 11.7. The van der Waals surface area contributed by atoms with Gasteiger partial charge < -0.3 is 15.4 Å². The Morgan fingerprint density at radius 2 is 2.06 bits per heavy atom. The molecule has 0 aliphatic carbocycles. The highest BCUT2D eigenvalue weighted by Gasteiger charge is 2.16. The number of imidazole rings is 1. The fourth-order valence-electron chi connectivity index (χ4n) is 1.22. The minimum absolute atomic E-state index is 0.0362. The summed E-state index contributed by atoms with van der Waals surface area (Å²) in [5.74, 6) is -0.878. The monoisotopic (exact) mass is 237 g/mol. The summed E-state index contributed by atoms with van der Waals surface area (Å²) < 4.78 is 0. The van der Waals surface area contributed by atoms with Gasteiger partial charge in [0.05, 0.1) is 6.04 Å². The fourth-order valence-corrected chi connectivity index (χ4v) is 1.22. The maximum atomic E-state index is 11.7. The van der Waals surface area contributed by atoms with E-state index in [2.05, 4.69) is 15.3 Å². The minimum Gasteiger partial charge on any atom is -0.478 e. The summed E-state index contributed by atoms with van der Waals surface area (Å²) in [6, 6.07) is -0.297. The number of hydrogen-bond donors (Lipinski definition) is 3. The molecule has 0 spiro atoms. The van der Waals surface area contributed by atoms with Crippen molar-refractivity contribution >= 4 is 11.9 Å². The second-order valence-corrected chi connectivity index (χ2v) is 3.72. The highest BCUT2D eigenvalue weighted by atomic mass is 16.4. The number of amides is 1. The Bertz CT molecular complexity index is 449. The van der Waals surface area contributed by atoms with E-state index in [0.29, 0.717) is 5.82 Å². The molecule has 1 unspecified atom stereocenters. The molecule has 0 radical (unpaired) electrons. The van der Waals surface area contributed by atoms with Gasteiger partial charge in [0, 0.05) is 23.5 Å². The maximum Gasteiger partial charge on any atom is 0.331 e. The number of nitrogens with one attached hydrogen (secondary N) is 2. The lowest BCUT2D eigenvalue weighted by Crippen LogP contribution is -2.29. The first kappa shape index (κ1) is 13.0. The van der Waals surface area contributed by atoms with Crippen LogP contribution < -0.4 is 5.32 Å². The van der Waals surface area contributed by atoms with E-state index in [9.17, 15) is 9.59 Å². The van der Waals surface area contributed by atoms with Crippen molar-refractivity contribution < 1.29 is 14.7 Å². The van der Waals surface area contributed by atoms with Crippen molar-refractivity contribution in [3.05, 3.63) is 29.4 Å². The molecule has 1 atom stereocenters. The van der Waals surface area contributed by atoms with E-state index in [1.54, 1.807) is 19.3 Å². The molecule has 92 valence electrons. The number of aromatic amines is 1. The zero-order chi connectivity index (χ0) is 13.0. The molecule has 0 saturated heterocycles. The van der Waals surface area contributed by atoms with Crippen LogP contribution in [-0.2, 0) is 9.59 Å². The quantitative estimate of drug-likeness (QED) is 0.681. The highest BCUT2D eigenvalue weighted by Crippen LogP contribution is 2.09. The number of carboxylic acid groups (broad SMARTS) is 1. The lowest BCUT2D eigenvalue weighted by Gasteiger charge is -2.12. The van der Waals surface area contributed by atoms with Crippen molar-refractivity contribution in [2.45, 2.75) is 26.8 Å². The molecule has 0 aliphatic heterocycles. The molecule has 17 heavy (non-hydrogen) atoms. The van der Waals surface area contributed by atoms with Crippen molar-refractivity contribution in [1.82, 2.24) is 15.3 Å². The third-order valence-corrected chi connectivity index (χ3v) is 2.50. The zero-order valence-corrected chi connectivity index (χ0v) is 9.94. The predicted molar refractivity (Wildman–Crippen MR) is 61.2 cm³/mol. The van der Waals surface area contributed by atoms with Crippen molar-refractivity contribution in [2.75, 3.05) is 0 Å². The first-order valence-corrected chi connectivity index (χ1v) is 5.14. The van der Waals surface area contributed by atoms with Crippen molar-refractivity contribution in [3.8, 4) is 0 Å². The number of carbonyl (C=O) groups is 2. The zero-order valence-electron chi connectivity index (χ0n) is 9.94. The van der Waals surface area contributed by atoms with Crippen LogP contribution in [0.4, 0.5) is 0 Å². The Hall–Kier alpha value is -2.11. The topological polar surface area (TPSA) is 95.1 Å². The van der Waals surface area contributed by atoms with Crippen molar-refractivity contribution in [2.24, 2.45) is 0 Å². The number of carbonyl (C=O) groups excluding carboxylic acids is 1. The van der Waals surface area contributed by atoms with Gasteiger partial charge in [-0.2, -0.15) is 0 Å². The summed E-state index contributed by atoms with van der Waals surface area (Å²) in [4.78, 5) is 29.3. The second kappa shape index (κ2) is 5.29. The Morgan fingerprint density at radius 3 is 2.53 bits per heavy atom. The minimum atomic E-state index is -1.09. The van der Waals surface area contributed by atoms with E-state index in [0.717, 1.165) is 0 Å². The van der Waals surface area contributed by atoms with Crippen LogP contribution in [0.15, 0.2) is 23.5 Å². The molecule has 1 aromatic heterocycles. The smallest absolute Gasteiger partial charge is 0.331 e. The molecule has 0 aliphatic rings. The molecule has 0 fully saturated rings. The number of aromatic nitrogens is 2. The van der Waals surface area contributed by atoms with Gasteiger partial charge in [-0.25, -0.2) is 9.78 Å². The van der Waals surface area contributed by atoms with E-state index in [4.69, 9.17) is 5.11 Å². The second-order valence-electron chi connectivity index (χ2n) is 3.72. The third-order valence-electron chi connectivity index (χ3n) is 2.50. The predicted octanol–water partition coefficient (Wildman–Crippen LogP) is 1.01. The van der Waals surface area contributed by atoms with Crippen LogP contribution in [0.25, 0.3) is 0 Å². The Kier molecular flexibility index (Phi) is 4.03. The van der Waals surface area contributed by atoms with Gasteiger partial charge in [-0.1, -0.05) is 0 Å². The van der Waals surface area contributed by atoms with Gasteiger partial charge in [-0.05, 0) is 20.8 Å². The fraction of sp³-hybridized carbons (Fsp3) is 0.364. The number of H-pyrrole nitrogens is 1. The van der Waals surface area contributed by atoms with E-state index in [-0.39, 0.29) is 17.2 Å². The van der Waals surface area contributed by atoms with Crippen molar-refractivity contribution in [3.63, 3.8) is 0 Å². The molecule has 0 bridgehead atoms. The molecule has 6 nitrogen and oxygen atoms in total. The van der Waals surface area contributed by atoms with Crippen LogP contribution >= 0.6 is 0 Å². The van der Waals surface area contributed by atoms with Crippen LogP contribution in [-0.4, -0.2) is 27.0 Å². The Labute approximate surface area is 98.8 Å². The largest absolute Gasteiger partial charge is 0.478 e. The molecule has 0 saturated carbocycles. The lowest BCUT2D eigenvalue weighted by molar-refractivity contribution is -0.133. The molecule has 6 heteroatoms. The van der Waals surface area contributed by atoms with Crippen LogP contribution in [0.3, 0.4) is 0 Å². The average Bonchev–Trinajstić information content (AvgIpc) is 2.80. The van der Waals surface area contributed by atoms with E-state index in [1.165, 1.54) is 13.8 Å². The number of nitrogens with zero attached hydrogens (tertiary/aromatic N) is 1. The van der Waals surface area contributed by atoms with E-state index < -0.39 is 11.9 Å². The number of rotatable bonds is 4. The molecule has 1 amide bonds.